The Kier molecular flexibility index (Phi) is 5.82. The van der Waals surface area contributed by atoms with Crippen molar-refractivity contribution >= 4 is 35.0 Å². The number of halogens is 1. The van der Waals surface area contributed by atoms with Gasteiger partial charge in [0.05, 0.1) is 12.3 Å². The Morgan fingerprint density at radius 3 is 2.48 bits per heavy atom. The second kappa shape index (κ2) is 8.02. The van der Waals surface area contributed by atoms with Crippen LogP contribution in [0, 0.1) is 6.92 Å². The zero-order valence-electron chi connectivity index (χ0n) is 19.4. The molecule has 0 spiro atoms. The summed E-state index contributed by atoms with van der Waals surface area (Å²) in [6.45, 7) is 13.8. The SMILES string of the molecule is Cc1cc2cc(C3CC3)ccc2c(=O)n1-c1cccc(Br)c1CO[Si](C)(C)C(C)(C)C. The standard InChI is InChI=1S/C26H32BrNO2Si/c1-17-14-20-15-19(18-10-11-18)12-13-21(20)25(29)28(17)24-9-7-8-23(27)22(24)16-30-31(5,6)26(2,3)4/h7-9,12-15,18H,10-11,16H2,1-6H3. The van der Waals surface area contributed by atoms with E-state index in [-0.39, 0.29) is 10.6 Å². The van der Waals surface area contributed by atoms with Crippen LogP contribution < -0.4 is 5.56 Å². The van der Waals surface area contributed by atoms with E-state index in [1.807, 2.05) is 35.8 Å². The largest absolute Gasteiger partial charge is 0.412 e. The molecular weight excluding hydrogens is 466 g/mol. The lowest BCUT2D eigenvalue weighted by Gasteiger charge is -2.36. The van der Waals surface area contributed by atoms with Gasteiger partial charge in [0, 0.05) is 21.1 Å². The molecule has 164 valence electrons. The lowest BCUT2D eigenvalue weighted by atomic mass is 10.0. The fraction of sp³-hybridized carbons (Fsp3) is 0.423. The number of hydrogen-bond acceptors (Lipinski definition) is 2. The van der Waals surface area contributed by atoms with Crippen LogP contribution in [0.5, 0.6) is 0 Å². The summed E-state index contributed by atoms with van der Waals surface area (Å²) in [5.41, 5.74) is 4.24. The number of rotatable bonds is 5. The molecule has 0 aliphatic heterocycles. The van der Waals surface area contributed by atoms with Gasteiger partial charge in [-0.25, -0.2) is 0 Å². The van der Waals surface area contributed by atoms with Crippen LogP contribution >= 0.6 is 15.9 Å². The van der Waals surface area contributed by atoms with Gasteiger partial charge in [-0.1, -0.05) is 54.9 Å². The lowest BCUT2D eigenvalue weighted by molar-refractivity contribution is 0.275. The summed E-state index contributed by atoms with van der Waals surface area (Å²) in [4.78, 5) is 13.6. The molecule has 1 saturated carbocycles. The second-order valence-electron chi connectivity index (χ2n) is 10.3. The van der Waals surface area contributed by atoms with E-state index in [2.05, 4.69) is 68.0 Å². The minimum atomic E-state index is -1.92. The van der Waals surface area contributed by atoms with E-state index in [1.54, 1.807) is 0 Å². The molecule has 4 rings (SSSR count). The minimum Gasteiger partial charge on any atom is -0.412 e. The summed E-state index contributed by atoms with van der Waals surface area (Å²) < 4.78 is 9.35. The fourth-order valence-electron chi connectivity index (χ4n) is 3.80. The predicted molar refractivity (Wildman–Crippen MR) is 136 cm³/mol. The van der Waals surface area contributed by atoms with Gasteiger partial charge in [-0.15, -0.1) is 0 Å². The number of benzene rings is 2. The van der Waals surface area contributed by atoms with E-state index < -0.39 is 8.32 Å². The van der Waals surface area contributed by atoms with Crippen LogP contribution in [0.25, 0.3) is 16.5 Å². The molecule has 0 bridgehead atoms. The van der Waals surface area contributed by atoms with E-state index in [9.17, 15) is 4.79 Å². The summed E-state index contributed by atoms with van der Waals surface area (Å²) in [5, 5.41) is 1.94. The summed E-state index contributed by atoms with van der Waals surface area (Å²) >= 11 is 3.71. The number of aryl methyl sites for hydroxylation is 1. The molecule has 0 unspecified atom stereocenters. The Morgan fingerprint density at radius 2 is 1.84 bits per heavy atom. The third kappa shape index (κ3) is 4.32. The average molecular weight is 499 g/mol. The first-order valence-electron chi connectivity index (χ1n) is 11.1. The minimum absolute atomic E-state index is 0.0315. The first kappa shape index (κ1) is 22.5. The molecule has 1 aliphatic rings. The topological polar surface area (TPSA) is 31.2 Å². The normalized spacial score (nSPS) is 14.9. The third-order valence-electron chi connectivity index (χ3n) is 6.99. The van der Waals surface area contributed by atoms with Gasteiger partial charge in [-0.3, -0.25) is 9.36 Å². The fourth-order valence-corrected chi connectivity index (χ4v) is 5.21. The number of hydrogen-bond donors (Lipinski definition) is 0. The number of pyridine rings is 1. The van der Waals surface area contributed by atoms with Crippen molar-refractivity contribution in [2.75, 3.05) is 0 Å². The summed E-state index contributed by atoms with van der Waals surface area (Å²) in [6, 6.07) is 14.5. The van der Waals surface area contributed by atoms with Crippen LogP contribution in [0.2, 0.25) is 18.1 Å². The van der Waals surface area contributed by atoms with Crippen molar-refractivity contribution in [3.8, 4) is 5.69 Å². The van der Waals surface area contributed by atoms with Crippen LogP contribution in [0.15, 0.2) is 51.7 Å². The number of aromatic nitrogens is 1. The number of nitrogens with zero attached hydrogens (tertiary/aromatic N) is 1. The molecule has 1 fully saturated rings. The van der Waals surface area contributed by atoms with E-state index >= 15 is 0 Å². The smallest absolute Gasteiger partial charge is 0.263 e. The van der Waals surface area contributed by atoms with Crippen LogP contribution in [0.3, 0.4) is 0 Å². The van der Waals surface area contributed by atoms with Crippen molar-refractivity contribution in [3.05, 3.63) is 74.1 Å². The maximum Gasteiger partial charge on any atom is 0.263 e. The van der Waals surface area contributed by atoms with Crippen molar-refractivity contribution in [1.29, 1.82) is 0 Å². The first-order valence-corrected chi connectivity index (χ1v) is 14.8. The molecule has 31 heavy (non-hydrogen) atoms. The van der Waals surface area contributed by atoms with E-state index in [1.165, 1.54) is 18.4 Å². The van der Waals surface area contributed by atoms with Crippen molar-refractivity contribution in [2.45, 2.75) is 71.2 Å². The maximum absolute atomic E-state index is 13.6. The van der Waals surface area contributed by atoms with Crippen LogP contribution in [-0.2, 0) is 11.0 Å². The zero-order chi connectivity index (χ0) is 22.6. The van der Waals surface area contributed by atoms with Gasteiger partial charge in [0.1, 0.15) is 0 Å². The zero-order valence-corrected chi connectivity index (χ0v) is 22.0. The molecule has 0 radical (unpaired) electrons. The Hall–Kier alpha value is -1.69. The monoisotopic (exact) mass is 497 g/mol. The van der Waals surface area contributed by atoms with Crippen LogP contribution in [0.4, 0.5) is 0 Å². The van der Waals surface area contributed by atoms with Gasteiger partial charge in [-0.05, 0) is 79.0 Å². The van der Waals surface area contributed by atoms with Crippen molar-refractivity contribution in [2.24, 2.45) is 0 Å². The highest BCUT2D eigenvalue weighted by molar-refractivity contribution is 9.10. The van der Waals surface area contributed by atoms with Crippen LogP contribution in [-0.4, -0.2) is 12.9 Å². The summed E-state index contributed by atoms with van der Waals surface area (Å²) in [6.07, 6.45) is 2.52. The molecule has 0 N–H and O–H groups in total. The third-order valence-corrected chi connectivity index (χ3v) is 12.2. The molecule has 3 nitrogen and oxygen atoms in total. The lowest BCUT2D eigenvalue weighted by Crippen LogP contribution is -2.40. The van der Waals surface area contributed by atoms with Gasteiger partial charge in [0.15, 0.2) is 8.32 Å². The van der Waals surface area contributed by atoms with E-state index in [4.69, 9.17) is 4.43 Å². The molecule has 0 amide bonds. The highest BCUT2D eigenvalue weighted by atomic mass is 79.9. The van der Waals surface area contributed by atoms with Crippen molar-refractivity contribution < 1.29 is 4.43 Å². The quantitative estimate of drug-likeness (QED) is 0.342. The van der Waals surface area contributed by atoms with E-state index in [0.29, 0.717) is 12.5 Å². The maximum atomic E-state index is 13.6. The molecule has 2 aromatic carbocycles. The highest BCUT2D eigenvalue weighted by Gasteiger charge is 2.37. The highest BCUT2D eigenvalue weighted by Crippen LogP contribution is 2.41. The average Bonchev–Trinajstić information content (AvgIpc) is 3.51. The number of fused-ring (bicyclic) bond motifs is 1. The van der Waals surface area contributed by atoms with E-state index in [0.717, 1.165) is 32.2 Å². The molecule has 5 heteroatoms. The van der Waals surface area contributed by atoms with Gasteiger partial charge in [-0.2, -0.15) is 0 Å². The van der Waals surface area contributed by atoms with Crippen molar-refractivity contribution in [1.82, 2.24) is 4.57 Å². The molecular formula is C26H32BrNO2Si. The second-order valence-corrected chi connectivity index (χ2v) is 16.0. The molecule has 1 heterocycles. The summed E-state index contributed by atoms with van der Waals surface area (Å²) in [5.74, 6) is 0.677. The van der Waals surface area contributed by atoms with Crippen LogP contribution in [0.1, 0.15) is 56.4 Å². The molecule has 3 aromatic rings. The van der Waals surface area contributed by atoms with Gasteiger partial charge in [0.2, 0.25) is 0 Å². The van der Waals surface area contributed by atoms with Gasteiger partial charge in [0.25, 0.3) is 5.56 Å². The Bertz CT molecular complexity index is 1200. The molecule has 0 saturated heterocycles. The van der Waals surface area contributed by atoms with Gasteiger partial charge >= 0.3 is 0 Å². The van der Waals surface area contributed by atoms with Crippen molar-refractivity contribution in [3.63, 3.8) is 0 Å². The predicted octanol–water partition coefficient (Wildman–Crippen LogP) is 7.46. The first-order chi connectivity index (χ1) is 14.5. The molecule has 0 atom stereocenters. The van der Waals surface area contributed by atoms with Gasteiger partial charge < -0.3 is 4.43 Å². The molecule has 1 aromatic heterocycles. The Morgan fingerprint density at radius 1 is 1.13 bits per heavy atom. The summed E-state index contributed by atoms with van der Waals surface area (Å²) in [7, 11) is -1.92. The molecule has 1 aliphatic carbocycles. The Labute approximate surface area is 194 Å². The Balaban J connectivity index is 1.80.